The maximum Gasteiger partial charge on any atom is 0.231 e. The minimum Gasteiger partial charge on any atom is -0.491 e. The molecule has 8 heteroatoms. The lowest BCUT2D eigenvalue weighted by molar-refractivity contribution is 0.242. The van der Waals surface area contributed by atoms with Crippen molar-refractivity contribution in [1.82, 2.24) is 5.32 Å². The number of nitrogens with one attached hydrogen (secondary N) is 2. The van der Waals surface area contributed by atoms with Gasteiger partial charge in [0.05, 0.1) is 18.0 Å². The smallest absolute Gasteiger partial charge is 0.231 e. The van der Waals surface area contributed by atoms with Crippen molar-refractivity contribution >= 4 is 38.7 Å². The predicted octanol–water partition coefficient (Wildman–Crippen LogP) is 3.79. The van der Waals surface area contributed by atoms with Crippen molar-refractivity contribution in [2.75, 3.05) is 29.5 Å². The van der Waals surface area contributed by atoms with Crippen LogP contribution in [-0.2, 0) is 16.4 Å². The average molecular weight is 436 g/mol. The zero-order chi connectivity index (χ0) is 21.4. The van der Waals surface area contributed by atoms with Gasteiger partial charge < -0.3 is 15.4 Å². The molecule has 0 aliphatic heterocycles. The number of aryl methyl sites for hydroxylation is 1. The van der Waals surface area contributed by atoms with E-state index in [0.717, 1.165) is 30.8 Å². The van der Waals surface area contributed by atoms with E-state index in [1.807, 2.05) is 32.0 Å². The lowest BCUT2D eigenvalue weighted by atomic mass is 10.1. The molecule has 0 aromatic heterocycles. The van der Waals surface area contributed by atoms with Gasteiger partial charge in [-0.25, -0.2) is 8.42 Å². The van der Waals surface area contributed by atoms with E-state index in [2.05, 4.69) is 22.8 Å². The van der Waals surface area contributed by atoms with Gasteiger partial charge in [0, 0.05) is 19.3 Å². The first-order chi connectivity index (χ1) is 13.6. The van der Waals surface area contributed by atoms with Crippen LogP contribution >= 0.6 is 12.2 Å². The zero-order valence-corrected chi connectivity index (χ0v) is 18.9. The van der Waals surface area contributed by atoms with E-state index in [9.17, 15) is 8.42 Å². The molecule has 0 saturated carbocycles. The normalized spacial score (nSPS) is 11.2. The molecule has 158 valence electrons. The van der Waals surface area contributed by atoms with Gasteiger partial charge in [-0.15, -0.1) is 0 Å². The Labute approximate surface area is 179 Å². The maximum absolute atomic E-state index is 11.7. The second-order valence-electron chi connectivity index (χ2n) is 7.08. The molecule has 0 atom stereocenters. The summed E-state index contributed by atoms with van der Waals surface area (Å²) in [6.07, 6.45) is 3.17. The van der Waals surface area contributed by atoms with Gasteiger partial charge in [-0.3, -0.25) is 4.31 Å². The summed E-state index contributed by atoms with van der Waals surface area (Å²) < 4.78 is 30.3. The second-order valence-corrected chi connectivity index (χ2v) is 9.50. The highest BCUT2D eigenvalue weighted by Gasteiger charge is 2.12. The standard InChI is InChI=1S/C21H29N3O3S2/c1-16(2)27-20-12-5-8-17(14-20)9-7-13-22-21(28)23-18-10-6-11-19(15-18)24(3)29(4,25)26/h5-6,8,10-12,14-16H,7,9,13H2,1-4H3,(H2,22,23,28). The van der Waals surface area contributed by atoms with Crippen molar-refractivity contribution in [3.63, 3.8) is 0 Å². The Balaban J connectivity index is 1.81. The molecule has 0 unspecified atom stereocenters. The summed E-state index contributed by atoms with van der Waals surface area (Å²) in [4.78, 5) is 0. The van der Waals surface area contributed by atoms with Gasteiger partial charge in [-0.05, 0) is 74.8 Å². The van der Waals surface area contributed by atoms with E-state index in [-0.39, 0.29) is 6.10 Å². The molecule has 2 rings (SSSR count). The van der Waals surface area contributed by atoms with E-state index in [4.69, 9.17) is 17.0 Å². The number of hydrogen-bond acceptors (Lipinski definition) is 4. The van der Waals surface area contributed by atoms with Crippen LogP contribution in [0.1, 0.15) is 25.8 Å². The molecule has 0 bridgehead atoms. The molecule has 29 heavy (non-hydrogen) atoms. The van der Waals surface area contributed by atoms with Crippen LogP contribution in [0.4, 0.5) is 11.4 Å². The number of thiocarbonyl (C=S) groups is 1. The molecular formula is C21H29N3O3S2. The predicted molar refractivity (Wildman–Crippen MR) is 124 cm³/mol. The van der Waals surface area contributed by atoms with Crippen molar-refractivity contribution in [1.29, 1.82) is 0 Å². The SMILES string of the molecule is CC(C)Oc1cccc(CCCNC(=S)Nc2cccc(N(C)S(C)(=O)=O)c2)c1. The maximum atomic E-state index is 11.7. The lowest BCUT2D eigenvalue weighted by Crippen LogP contribution is -2.29. The molecular weight excluding hydrogens is 406 g/mol. The molecule has 0 amide bonds. The lowest BCUT2D eigenvalue weighted by Gasteiger charge is -2.18. The van der Waals surface area contributed by atoms with Gasteiger partial charge in [-0.1, -0.05) is 18.2 Å². The molecule has 2 aromatic rings. The minimum absolute atomic E-state index is 0.158. The molecule has 0 fully saturated rings. The zero-order valence-electron chi connectivity index (χ0n) is 17.3. The quantitative estimate of drug-likeness (QED) is 0.461. The van der Waals surface area contributed by atoms with E-state index < -0.39 is 10.0 Å². The van der Waals surface area contributed by atoms with Gasteiger partial charge in [0.2, 0.25) is 10.0 Å². The third-order valence-corrected chi connectivity index (χ3v) is 5.62. The fourth-order valence-electron chi connectivity index (χ4n) is 2.69. The first kappa shape index (κ1) is 23.0. The van der Waals surface area contributed by atoms with Crippen molar-refractivity contribution in [2.45, 2.75) is 32.8 Å². The Hall–Kier alpha value is -2.32. The Morgan fingerprint density at radius 1 is 1.17 bits per heavy atom. The fourth-order valence-corrected chi connectivity index (χ4v) is 3.40. The summed E-state index contributed by atoms with van der Waals surface area (Å²) in [5, 5.41) is 6.78. The number of benzene rings is 2. The Kier molecular flexibility index (Phi) is 8.28. The van der Waals surface area contributed by atoms with Gasteiger partial charge in [0.15, 0.2) is 5.11 Å². The summed E-state index contributed by atoms with van der Waals surface area (Å²) >= 11 is 5.34. The van der Waals surface area contributed by atoms with Gasteiger partial charge >= 0.3 is 0 Å². The highest BCUT2D eigenvalue weighted by atomic mass is 32.2. The van der Waals surface area contributed by atoms with Crippen LogP contribution < -0.4 is 19.7 Å². The number of ether oxygens (including phenoxy) is 1. The van der Waals surface area contributed by atoms with Crippen LogP contribution in [0.3, 0.4) is 0 Å². The first-order valence-electron chi connectivity index (χ1n) is 9.49. The third kappa shape index (κ3) is 7.91. The summed E-state index contributed by atoms with van der Waals surface area (Å²) in [7, 11) is -1.79. The molecule has 6 nitrogen and oxygen atoms in total. The molecule has 0 aliphatic carbocycles. The van der Waals surface area contributed by atoms with Gasteiger partial charge in [0.25, 0.3) is 0 Å². The van der Waals surface area contributed by atoms with Crippen molar-refractivity contribution < 1.29 is 13.2 Å². The van der Waals surface area contributed by atoms with Crippen LogP contribution in [-0.4, -0.2) is 39.5 Å². The fraction of sp³-hybridized carbons (Fsp3) is 0.381. The van der Waals surface area contributed by atoms with Crippen molar-refractivity contribution in [2.24, 2.45) is 0 Å². The first-order valence-corrected chi connectivity index (χ1v) is 11.8. The van der Waals surface area contributed by atoms with E-state index in [0.29, 0.717) is 10.8 Å². The Morgan fingerprint density at radius 2 is 1.90 bits per heavy atom. The van der Waals surface area contributed by atoms with Crippen molar-refractivity contribution in [3.05, 3.63) is 54.1 Å². The number of rotatable bonds is 9. The largest absolute Gasteiger partial charge is 0.491 e. The third-order valence-electron chi connectivity index (χ3n) is 4.16. The second kappa shape index (κ2) is 10.5. The number of hydrogen-bond donors (Lipinski definition) is 2. The average Bonchev–Trinajstić information content (AvgIpc) is 2.64. The Bertz CT molecular complexity index is 930. The molecule has 0 aliphatic rings. The summed E-state index contributed by atoms with van der Waals surface area (Å²) in [6, 6.07) is 15.2. The van der Waals surface area contributed by atoms with E-state index in [1.54, 1.807) is 18.2 Å². The van der Waals surface area contributed by atoms with Crippen LogP contribution in [0.2, 0.25) is 0 Å². The molecule has 0 radical (unpaired) electrons. The molecule has 2 aromatic carbocycles. The number of nitrogens with zero attached hydrogens (tertiary/aromatic N) is 1. The van der Waals surface area contributed by atoms with Crippen LogP contribution in [0.5, 0.6) is 5.75 Å². The number of sulfonamides is 1. The molecule has 0 heterocycles. The molecule has 0 saturated heterocycles. The van der Waals surface area contributed by atoms with Crippen LogP contribution in [0, 0.1) is 0 Å². The monoisotopic (exact) mass is 435 g/mol. The van der Waals surface area contributed by atoms with Crippen LogP contribution in [0.15, 0.2) is 48.5 Å². The molecule has 0 spiro atoms. The topological polar surface area (TPSA) is 70.7 Å². The van der Waals surface area contributed by atoms with E-state index >= 15 is 0 Å². The number of anilines is 2. The highest BCUT2D eigenvalue weighted by Crippen LogP contribution is 2.20. The van der Waals surface area contributed by atoms with Gasteiger partial charge in [-0.2, -0.15) is 0 Å². The Morgan fingerprint density at radius 3 is 2.59 bits per heavy atom. The van der Waals surface area contributed by atoms with Gasteiger partial charge in [0.1, 0.15) is 5.75 Å². The summed E-state index contributed by atoms with van der Waals surface area (Å²) in [5.41, 5.74) is 2.53. The van der Waals surface area contributed by atoms with E-state index in [1.165, 1.54) is 23.2 Å². The highest BCUT2D eigenvalue weighted by molar-refractivity contribution is 7.92. The van der Waals surface area contributed by atoms with Crippen molar-refractivity contribution in [3.8, 4) is 5.75 Å². The van der Waals surface area contributed by atoms with Crippen LogP contribution in [0.25, 0.3) is 0 Å². The summed E-state index contributed by atoms with van der Waals surface area (Å²) in [5.74, 6) is 0.890. The minimum atomic E-state index is -3.31. The summed E-state index contributed by atoms with van der Waals surface area (Å²) in [6.45, 7) is 4.75. The molecule has 2 N–H and O–H groups in total.